The third-order valence-electron chi connectivity index (χ3n) is 4.98. The van der Waals surface area contributed by atoms with Gasteiger partial charge in [-0.3, -0.25) is 28.8 Å². The van der Waals surface area contributed by atoms with Crippen LogP contribution >= 0.6 is 11.3 Å². The predicted octanol–water partition coefficient (Wildman–Crippen LogP) is 1.84. The van der Waals surface area contributed by atoms with Gasteiger partial charge < -0.3 is 0 Å². The summed E-state index contributed by atoms with van der Waals surface area (Å²) in [6.07, 6.45) is 0.908. The molecule has 2 aromatic carbocycles. The van der Waals surface area contributed by atoms with Gasteiger partial charge in [-0.05, 0) is 47.2 Å². The molecule has 0 saturated heterocycles. The molecule has 4 rings (SSSR count). The van der Waals surface area contributed by atoms with Crippen LogP contribution in [-0.2, 0) is 14.8 Å². The van der Waals surface area contributed by atoms with Crippen molar-refractivity contribution in [2.45, 2.75) is 6.04 Å². The van der Waals surface area contributed by atoms with Crippen molar-refractivity contribution in [3.8, 4) is 0 Å². The first-order valence-corrected chi connectivity index (χ1v) is 11.8. The summed E-state index contributed by atoms with van der Waals surface area (Å²) in [6, 6.07) is 11.2. The zero-order chi connectivity index (χ0) is 22.3. The van der Waals surface area contributed by atoms with Gasteiger partial charge in [0.15, 0.2) is 0 Å². The van der Waals surface area contributed by atoms with Gasteiger partial charge in [0, 0.05) is 4.70 Å². The molecule has 1 atom stereocenters. The van der Waals surface area contributed by atoms with Crippen LogP contribution in [0.15, 0.2) is 53.9 Å². The van der Waals surface area contributed by atoms with E-state index in [1.807, 2.05) is 5.38 Å². The standard InChI is InChI=1S/C20H17N3O6S2/c1-31(28,29)23(13-6-7-17-12(10-13)8-9-30-17)16(18(24)21-27)11-22-19(25)14-4-2-3-5-15(14)20(22)26/h2-10,16,27H,11H2,1H3,(H,21,24)/t16-/m1/s1. The third kappa shape index (κ3) is 3.67. The van der Waals surface area contributed by atoms with Crippen molar-refractivity contribution < 1.29 is 28.0 Å². The van der Waals surface area contributed by atoms with Gasteiger partial charge in [0.2, 0.25) is 10.0 Å². The molecule has 0 unspecified atom stereocenters. The molecule has 9 nitrogen and oxygen atoms in total. The van der Waals surface area contributed by atoms with E-state index < -0.39 is 40.3 Å². The number of hydrogen-bond acceptors (Lipinski definition) is 7. The summed E-state index contributed by atoms with van der Waals surface area (Å²) < 4.78 is 27.1. The summed E-state index contributed by atoms with van der Waals surface area (Å²) in [5.41, 5.74) is 1.95. The second-order valence-electron chi connectivity index (χ2n) is 6.96. The first-order chi connectivity index (χ1) is 14.7. The maximum atomic E-state index is 12.7. The van der Waals surface area contributed by atoms with Crippen molar-refractivity contribution in [2.75, 3.05) is 17.1 Å². The van der Waals surface area contributed by atoms with Crippen LogP contribution in [0.5, 0.6) is 0 Å². The van der Waals surface area contributed by atoms with Crippen LogP contribution in [0.3, 0.4) is 0 Å². The van der Waals surface area contributed by atoms with Crippen molar-refractivity contribution in [1.82, 2.24) is 10.4 Å². The average Bonchev–Trinajstić information content (AvgIpc) is 3.30. The lowest BCUT2D eigenvalue weighted by Gasteiger charge is -2.32. The highest BCUT2D eigenvalue weighted by Gasteiger charge is 2.41. The Hall–Kier alpha value is -3.28. The number of benzene rings is 2. The number of anilines is 1. The topological polar surface area (TPSA) is 124 Å². The van der Waals surface area contributed by atoms with Gasteiger partial charge in [-0.15, -0.1) is 11.3 Å². The van der Waals surface area contributed by atoms with Crippen LogP contribution in [0.1, 0.15) is 20.7 Å². The molecule has 31 heavy (non-hydrogen) atoms. The van der Waals surface area contributed by atoms with Gasteiger partial charge in [-0.2, -0.15) is 0 Å². The zero-order valence-electron chi connectivity index (χ0n) is 16.2. The lowest BCUT2D eigenvalue weighted by atomic mass is 10.1. The summed E-state index contributed by atoms with van der Waals surface area (Å²) in [4.78, 5) is 38.9. The van der Waals surface area contributed by atoms with E-state index in [1.165, 1.54) is 35.0 Å². The maximum absolute atomic E-state index is 12.7. The van der Waals surface area contributed by atoms with Gasteiger partial charge in [-0.25, -0.2) is 13.9 Å². The average molecular weight is 460 g/mol. The van der Waals surface area contributed by atoms with Crippen LogP contribution in [-0.4, -0.2) is 55.1 Å². The Balaban J connectivity index is 1.77. The van der Waals surface area contributed by atoms with Crippen LogP contribution < -0.4 is 9.79 Å². The first kappa shape index (κ1) is 21.0. The molecule has 160 valence electrons. The molecule has 2 N–H and O–H groups in total. The molecular formula is C20H17N3O6S2. The minimum Gasteiger partial charge on any atom is -0.289 e. The van der Waals surface area contributed by atoms with E-state index in [4.69, 9.17) is 0 Å². The molecule has 1 aliphatic heterocycles. The number of carbonyl (C=O) groups is 3. The zero-order valence-corrected chi connectivity index (χ0v) is 17.8. The lowest BCUT2D eigenvalue weighted by molar-refractivity contribution is -0.130. The summed E-state index contributed by atoms with van der Waals surface area (Å²) >= 11 is 1.47. The summed E-state index contributed by atoms with van der Waals surface area (Å²) in [5, 5.41) is 11.9. The van der Waals surface area contributed by atoms with E-state index >= 15 is 0 Å². The number of imide groups is 1. The van der Waals surface area contributed by atoms with Crippen molar-refractivity contribution in [1.29, 1.82) is 0 Å². The Labute approximate surface area is 181 Å². The minimum atomic E-state index is -4.05. The van der Waals surface area contributed by atoms with Crippen molar-refractivity contribution in [3.05, 3.63) is 65.0 Å². The van der Waals surface area contributed by atoms with Crippen molar-refractivity contribution in [3.63, 3.8) is 0 Å². The Morgan fingerprint density at radius 2 is 1.77 bits per heavy atom. The van der Waals surface area contributed by atoms with Gasteiger partial charge >= 0.3 is 0 Å². The van der Waals surface area contributed by atoms with E-state index in [2.05, 4.69) is 0 Å². The molecule has 1 aromatic heterocycles. The van der Waals surface area contributed by atoms with E-state index in [0.29, 0.717) is 0 Å². The summed E-state index contributed by atoms with van der Waals surface area (Å²) in [6.45, 7) is -0.576. The van der Waals surface area contributed by atoms with Crippen molar-refractivity contribution >= 4 is 54.9 Å². The lowest BCUT2D eigenvalue weighted by Crippen LogP contribution is -2.55. The molecule has 0 aliphatic carbocycles. The SMILES string of the molecule is CS(=O)(=O)N(c1ccc2sccc2c1)[C@H](CN1C(=O)c2ccccc2C1=O)C(=O)NO. The van der Waals surface area contributed by atoms with E-state index in [1.54, 1.807) is 30.3 Å². The summed E-state index contributed by atoms with van der Waals surface area (Å²) in [7, 11) is -4.05. The fraction of sp³-hybridized carbons (Fsp3) is 0.150. The number of nitrogens with zero attached hydrogens (tertiary/aromatic N) is 2. The molecule has 0 spiro atoms. The maximum Gasteiger partial charge on any atom is 0.269 e. The summed E-state index contributed by atoms with van der Waals surface area (Å²) in [5.74, 6) is -2.36. The van der Waals surface area contributed by atoms with Gasteiger partial charge in [0.05, 0.1) is 29.6 Å². The number of hydroxylamine groups is 1. The number of hydrogen-bond donors (Lipinski definition) is 2. The van der Waals surface area contributed by atoms with Crippen LogP contribution in [0.25, 0.3) is 10.1 Å². The third-order valence-corrected chi connectivity index (χ3v) is 7.06. The largest absolute Gasteiger partial charge is 0.289 e. The fourth-order valence-corrected chi connectivity index (χ4v) is 5.50. The Kier molecular flexibility index (Phi) is 5.25. The minimum absolute atomic E-state index is 0.165. The second-order valence-corrected chi connectivity index (χ2v) is 9.77. The second kappa shape index (κ2) is 7.76. The molecule has 11 heteroatoms. The quantitative estimate of drug-likeness (QED) is 0.329. The monoisotopic (exact) mass is 459 g/mol. The van der Waals surface area contributed by atoms with E-state index in [9.17, 15) is 28.0 Å². The smallest absolute Gasteiger partial charge is 0.269 e. The molecule has 1 aliphatic rings. The molecule has 3 aromatic rings. The number of sulfonamides is 1. The normalized spacial score (nSPS) is 14.6. The van der Waals surface area contributed by atoms with E-state index in [-0.39, 0.29) is 16.8 Å². The Morgan fingerprint density at radius 1 is 1.13 bits per heavy atom. The number of thiophene rings is 1. The predicted molar refractivity (Wildman–Crippen MR) is 115 cm³/mol. The Morgan fingerprint density at radius 3 is 2.35 bits per heavy atom. The van der Waals surface area contributed by atoms with Gasteiger partial charge in [0.25, 0.3) is 17.7 Å². The van der Waals surface area contributed by atoms with E-state index in [0.717, 1.165) is 25.5 Å². The fourth-order valence-electron chi connectivity index (χ4n) is 3.61. The molecule has 0 bridgehead atoms. The number of amides is 3. The molecular weight excluding hydrogens is 442 g/mol. The van der Waals surface area contributed by atoms with Gasteiger partial charge in [0.1, 0.15) is 6.04 Å². The molecule has 3 amide bonds. The Bertz CT molecular complexity index is 1280. The molecule has 0 saturated carbocycles. The number of rotatable bonds is 6. The number of nitrogens with one attached hydrogen (secondary N) is 1. The first-order valence-electron chi connectivity index (χ1n) is 9.08. The highest BCUT2D eigenvalue weighted by Crippen LogP contribution is 2.30. The van der Waals surface area contributed by atoms with Crippen LogP contribution in [0, 0.1) is 0 Å². The number of carbonyl (C=O) groups excluding carboxylic acids is 3. The van der Waals surface area contributed by atoms with Crippen LogP contribution in [0.4, 0.5) is 5.69 Å². The molecule has 0 fully saturated rings. The van der Waals surface area contributed by atoms with Crippen molar-refractivity contribution in [2.24, 2.45) is 0 Å². The highest BCUT2D eigenvalue weighted by atomic mass is 32.2. The van der Waals surface area contributed by atoms with Crippen LogP contribution in [0.2, 0.25) is 0 Å². The number of fused-ring (bicyclic) bond motifs is 2. The van der Waals surface area contributed by atoms with Gasteiger partial charge in [-0.1, -0.05) is 12.1 Å². The molecule has 2 heterocycles. The molecule has 0 radical (unpaired) electrons. The highest BCUT2D eigenvalue weighted by molar-refractivity contribution is 7.92.